The summed E-state index contributed by atoms with van der Waals surface area (Å²) in [5, 5.41) is 3.80. The second-order valence-corrected chi connectivity index (χ2v) is 8.47. The van der Waals surface area contributed by atoms with Crippen LogP contribution in [-0.2, 0) is 4.74 Å². The van der Waals surface area contributed by atoms with Crippen molar-refractivity contribution in [3.63, 3.8) is 0 Å². The average molecular weight is 298 g/mol. The van der Waals surface area contributed by atoms with E-state index in [1.807, 2.05) is 25.7 Å². The number of likely N-dealkylation sites (tertiary alicyclic amines) is 1. The summed E-state index contributed by atoms with van der Waals surface area (Å²) in [4.78, 5) is 13.9. The Morgan fingerprint density at radius 3 is 2.55 bits per heavy atom. The number of nitrogens with zero attached hydrogens (tertiary/aromatic N) is 1. The molecule has 1 aliphatic carbocycles. The number of rotatable bonds is 2. The normalized spacial score (nSPS) is 36.6. The molecule has 0 spiro atoms. The molecule has 114 valence electrons. The van der Waals surface area contributed by atoms with Gasteiger partial charge in [-0.1, -0.05) is 0 Å². The first-order valence-electron chi connectivity index (χ1n) is 7.76. The molecular weight excluding hydrogens is 272 g/mol. The van der Waals surface area contributed by atoms with Crippen LogP contribution in [0.3, 0.4) is 0 Å². The molecule has 3 fully saturated rings. The highest BCUT2D eigenvalue weighted by Gasteiger charge is 2.57. The van der Waals surface area contributed by atoms with Crippen LogP contribution in [-0.4, -0.2) is 53.3 Å². The smallest absolute Gasteiger partial charge is 0.410 e. The van der Waals surface area contributed by atoms with Crippen molar-refractivity contribution in [3.05, 3.63) is 0 Å². The molecule has 0 aromatic carbocycles. The number of ether oxygens (including phenoxy) is 1. The lowest BCUT2D eigenvalue weighted by atomic mass is 10.2. The lowest BCUT2D eigenvalue weighted by molar-refractivity contribution is 0.0269. The van der Waals surface area contributed by atoms with Crippen molar-refractivity contribution in [2.45, 2.75) is 51.3 Å². The highest BCUT2D eigenvalue weighted by atomic mass is 32.2. The third kappa shape index (κ3) is 3.25. The minimum Gasteiger partial charge on any atom is -0.444 e. The van der Waals surface area contributed by atoms with E-state index in [1.165, 1.54) is 24.3 Å². The molecule has 1 saturated carbocycles. The molecule has 0 aromatic heterocycles. The molecule has 2 aliphatic heterocycles. The number of piperidine rings is 1. The predicted molar refractivity (Wildman–Crippen MR) is 82.1 cm³/mol. The van der Waals surface area contributed by atoms with Crippen LogP contribution in [0.4, 0.5) is 4.79 Å². The highest BCUT2D eigenvalue weighted by molar-refractivity contribution is 7.99. The van der Waals surface area contributed by atoms with Crippen LogP contribution < -0.4 is 5.32 Å². The summed E-state index contributed by atoms with van der Waals surface area (Å²) in [7, 11) is 0. The second kappa shape index (κ2) is 5.41. The SMILES string of the molecule is CC(C)(C)OC(=O)N1CC2C(C1)C2NC1CCCSC1. The van der Waals surface area contributed by atoms with Crippen LogP contribution in [0.15, 0.2) is 0 Å². The Bertz CT molecular complexity index is 365. The first-order chi connectivity index (χ1) is 9.44. The third-order valence-electron chi connectivity index (χ3n) is 4.43. The van der Waals surface area contributed by atoms with E-state index < -0.39 is 0 Å². The molecule has 5 heteroatoms. The third-order valence-corrected chi connectivity index (χ3v) is 5.65. The van der Waals surface area contributed by atoms with Crippen molar-refractivity contribution in [1.29, 1.82) is 0 Å². The highest BCUT2D eigenvalue weighted by Crippen LogP contribution is 2.46. The Kier molecular flexibility index (Phi) is 3.93. The summed E-state index contributed by atoms with van der Waals surface area (Å²) in [6, 6.07) is 1.34. The van der Waals surface area contributed by atoms with E-state index in [9.17, 15) is 4.79 Å². The quantitative estimate of drug-likeness (QED) is 0.849. The van der Waals surface area contributed by atoms with E-state index in [4.69, 9.17) is 4.74 Å². The van der Waals surface area contributed by atoms with Gasteiger partial charge < -0.3 is 15.0 Å². The van der Waals surface area contributed by atoms with Crippen molar-refractivity contribution in [3.8, 4) is 0 Å². The molecule has 1 N–H and O–H groups in total. The van der Waals surface area contributed by atoms with Gasteiger partial charge in [-0.25, -0.2) is 4.79 Å². The monoisotopic (exact) mass is 298 g/mol. The first-order valence-corrected chi connectivity index (χ1v) is 8.91. The fourth-order valence-corrected chi connectivity index (χ4v) is 4.48. The van der Waals surface area contributed by atoms with Crippen molar-refractivity contribution in [2.75, 3.05) is 24.6 Å². The van der Waals surface area contributed by atoms with Gasteiger partial charge in [0.05, 0.1) is 0 Å². The number of hydrogen-bond donors (Lipinski definition) is 1. The van der Waals surface area contributed by atoms with Crippen LogP contribution in [0, 0.1) is 11.8 Å². The Balaban J connectivity index is 1.42. The average Bonchev–Trinajstić information content (AvgIpc) is 2.84. The van der Waals surface area contributed by atoms with Gasteiger partial charge >= 0.3 is 6.09 Å². The fourth-order valence-electron chi connectivity index (χ4n) is 3.39. The lowest BCUT2D eigenvalue weighted by Gasteiger charge is -2.27. The largest absolute Gasteiger partial charge is 0.444 e. The second-order valence-electron chi connectivity index (χ2n) is 7.32. The van der Waals surface area contributed by atoms with Crippen LogP contribution in [0.2, 0.25) is 0 Å². The lowest BCUT2D eigenvalue weighted by Crippen LogP contribution is -2.42. The molecule has 0 bridgehead atoms. The van der Waals surface area contributed by atoms with E-state index in [-0.39, 0.29) is 11.7 Å². The standard InChI is InChI=1S/C15H26N2O2S/c1-15(2,3)19-14(18)17-7-11-12(8-17)13(11)16-10-5-4-6-20-9-10/h10-13,16H,4-9H2,1-3H3. The Labute approximate surface area is 126 Å². The minimum atomic E-state index is -0.388. The van der Waals surface area contributed by atoms with Gasteiger partial charge in [-0.2, -0.15) is 11.8 Å². The summed E-state index contributed by atoms with van der Waals surface area (Å²) in [6.45, 7) is 7.51. The zero-order valence-corrected chi connectivity index (χ0v) is 13.5. The van der Waals surface area contributed by atoms with E-state index in [1.54, 1.807) is 0 Å². The maximum absolute atomic E-state index is 12.0. The van der Waals surface area contributed by atoms with Crippen molar-refractivity contribution < 1.29 is 9.53 Å². The molecule has 0 radical (unpaired) electrons. The van der Waals surface area contributed by atoms with Crippen LogP contribution >= 0.6 is 11.8 Å². The molecule has 3 aliphatic rings. The molecule has 2 heterocycles. The molecule has 3 atom stereocenters. The van der Waals surface area contributed by atoms with Gasteiger partial charge in [-0.15, -0.1) is 0 Å². The summed E-state index contributed by atoms with van der Waals surface area (Å²) in [5.74, 6) is 3.90. The van der Waals surface area contributed by atoms with Gasteiger partial charge in [-0.3, -0.25) is 0 Å². The molecule has 2 saturated heterocycles. The van der Waals surface area contributed by atoms with Crippen LogP contribution in [0.25, 0.3) is 0 Å². The van der Waals surface area contributed by atoms with Gasteiger partial charge in [0.15, 0.2) is 0 Å². The Hall–Kier alpha value is -0.420. The summed E-state index contributed by atoms with van der Waals surface area (Å²) < 4.78 is 5.44. The number of nitrogens with one attached hydrogen (secondary N) is 1. The zero-order chi connectivity index (χ0) is 14.3. The van der Waals surface area contributed by atoms with E-state index >= 15 is 0 Å². The molecular formula is C15H26N2O2S. The number of thioether (sulfide) groups is 1. The number of carbonyl (C=O) groups excluding carboxylic acids is 1. The predicted octanol–water partition coefficient (Wildman–Crippen LogP) is 2.34. The maximum Gasteiger partial charge on any atom is 0.410 e. The van der Waals surface area contributed by atoms with E-state index in [2.05, 4.69) is 17.1 Å². The summed E-state index contributed by atoms with van der Waals surface area (Å²) in [5.41, 5.74) is -0.388. The number of amides is 1. The molecule has 0 aromatic rings. The minimum absolute atomic E-state index is 0.142. The molecule has 3 rings (SSSR count). The van der Waals surface area contributed by atoms with Crippen LogP contribution in [0.1, 0.15) is 33.6 Å². The van der Waals surface area contributed by atoms with Crippen molar-refractivity contribution in [2.24, 2.45) is 11.8 Å². The summed E-state index contributed by atoms with van der Waals surface area (Å²) in [6.07, 6.45) is 2.52. The van der Waals surface area contributed by atoms with Gasteiger partial charge in [0, 0.05) is 30.9 Å². The molecule has 1 amide bonds. The number of carbonyl (C=O) groups is 1. The van der Waals surface area contributed by atoms with Gasteiger partial charge in [0.25, 0.3) is 0 Å². The Morgan fingerprint density at radius 1 is 1.30 bits per heavy atom. The zero-order valence-electron chi connectivity index (χ0n) is 12.7. The first kappa shape index (κ1) is 14.5. The van der Waals surface area contributed by atoms with E-state index in [0.717, 1.165) is 13.1 Å². The van der Waals surface area contributed by atoms with E-state index in [0.29, 0.717) is 23.9 Å². The number of fused-ring (bicyclic) bond motifs is 1. The molecule has 4 nitrogen and oxygen atoms in total. The van der Waals surface area contributed by atoms with Gasteiger partial charge in [0.2, 0.25) is 0 Å². The topological polar surface area (TPSA) is 41.6 Å². The summed E-state index contributed by atoms with van der Waals surface area (Å²) >= 11 is 2.07. The maximum atomic E-state index is 12.0. The molecule has 20 heavy (non-hydrogen) atoms. The Morgan fingerprint density at radius 2 is 2.00 bits per heavy atom. The number of hydrogen-bond acceptors (Lipinski definition) is 4. The van der Waals surface area contributed by atoms with Crippen LogP contribution in [0.5, 0.6) is 0 Å². The van der Waals surface area contributed by atoms with Gasteiger partial charge in [0.1, 0.15) is 5.60 Å². The van der Waals surface area contributed by atoms with Crippen molar-refractivity contribution >= 4 is 17.9 Å². The van der Waals surface area contributed by atoms with Gasteiger partial charge in [-0.05, 0) is 51.2 Å². The fraction of sp³-hybridized carbons (Fsp3) is 0.933. The van der Waals surface area contributed by atoms with Crippen molar-refractivity contribution in [1.82, 2.24) is 10.2 Å². The molecule has 3 unspecified atom stereocenters.